The van der Waals surface area contributed by atoms with Gasteiger partial charge >= 0.3 is 0 Å². The summed E-state index contributed by atoms with van der Waals surface area (Å²) in [4.78, 5) is 17.3. The summed E-state index contributed by atoms with van der Waals surface area (Å²) in [6, 6.07) is 3.97. The van der Waals surface area contributed by atoms with E-state index in [9.17, 15) is 4.79 Å². The minimum absolute atomic E-state index is 0.128. The van der Waals surface area contributed by atoms with Crippen LogP contribution < -0.4 is 10.2 Å². The zero-order valence-electron chi connectivity index (χ0n) is 9.41. The van der Waals surface area contributed by atoms with E-state index >= 15 is 0 Å². The molecule has 1 N–H and O–H groups in total. The Hall–Kier alpha value is -0.810. The van der Waals surface area contributed by atoms with Crippen molar-refractivity contribution in [2.45, 2.75) is 18.9 Å². The van der Waals surface area contributed by atoms with Gasteiger partial charge in [0.15, 0.2) is 5.15 Å². The third-order valence-corrected chi connectivity index (χ3v) is 3.51. The summed E-state index contributed by atoms with van der Waals surface area (Å²) in [5, 5.41) is 3.40. The number of nitrogens with one attached hydrogen (secondary N) is 1. The normalized spacial score (nSPS) is 19.2. The Morgan fingerprint density at radius 1 is 1.65 bits per heavy atom. The zero-order valence-corrected chi connectivity index (χ0v) is 11.8. The molecule has 92 valence electrons. The van der Waals surface area contributed by atoms with E-state index in [4.69, 9.17) is 11.6 Å². The lowest BCUT2D eigenvalue weighted by Gasteiger charge is -2.23. The van der Waals surface area contributed by atoms with Crippen LogP contribution in [0.1, 0.15) is 12.8 Å². The summed E-state index contributed by atoms with van der Waals surface area (Å²) >= 11 is 9.34. The van der Waals surface area contributed by atoms with E-state index in [1.54, 1.807) is 0 Å². The van der Waals surface area contributed by atoms with Gasteiger partial charge in [0.25, 0.3) is 0 Å². The number of carbonyl (C=O) groups is 1. The molecule has 0 saturated carbocycles. The molecule has 1 fully saturated rings. The number of nitrogens with zero attached hydrogens (tertiary/aromatic N) is 2. The van der Waals surface area contributed by atoms with Crippen LogP contribution in [0.2, 0.25) is 5.15 Å². The second-order valence-electron chi connectivity index (χ2n) is 4.13. The SMILES string of the molecule is CN(C[C@@H]1CCC(=O)N1)c1ccc(Br)nc1Cl. The Balaban J connectivity index is 2.04. The Labute approximate surface area is 113 Å². The average molecular weight is 319 g/mol. The maximum absolute atomic E-state index is 11.1. The molecule has 17 heavy (non-hydrogen) atoms. The van der Waals surface area contributed by atoms with Gasteiger partial charge in [-0.3, -0.25) is 4.79 Å². The highest BCUT2D eigenvalue weighted by molar-refractivity contribution is 9.10. The van der Waals surface area contributed by atoms with Gasteiger partial charge < -0.3 is 10.2 Å². The second-order valence-corrected chi connectivity index (χ2v) is 5.30. The van der Waals surface area contributed by atoms with Crippen molar-refractivity contribution in [3.05, 3.63) is 21.9 Å². The quantitative estimate of drug-likeness (QED) is 0.869. The molecule has 1 aliphatic heterocycles. The molecular formula is C11H13BrClN3O. The molecule has 0 radical (unpaired) electrons. The minimum Gasteiger partial charge on any atom is -0.370 e. The fraction of sp³-hybridized carbons (Fsp3) is 0.455. The van der Waals surface area contributed by atoms with E-state index in [1.807, 2.05) is 24.1 Å². The number of rotatable bonds is 3. The molecule has 0 aliphatic carbocycles. The highest BCUT2D eigenvalue weighted by Gasteiger charge is 2.22. The van der Waals surface area contributed by atoms with Crippen LogP contribution >= 0.6 is 27.5 Å². The van der Waals surface area contributed by atoms with Gasteiger partial charge in [-0.2, -0.15) is 0 Å². The number of hydrogen-bond acceptors (Lipinski definition) is 3. The van der Waals surface area contributed by atoms with Crippen molar-refractivity contribution in [3.8, 4) is 0 Å². The molecule has 1 aromatic heterocycles. The smallest absolute Gasteiger partial charge is 0.220 e. The van der Waals surface area contributed by atoms with Crippen LogP contribution in [0, 0.1) is 0 Å². The lowest BCUT2D eigenvalue weighted by atomic mass is 10.2. The molecule has 2 heterocycles. The molecule has 2 rings (SSSR count). The Morgan fingerprint density at radius 2 is 2.41 bits per heavy atom. The van der Waals surface area contributed by atoms with Gasteiger partial charge in [0.05, 0.1) is 5.69 Å². The molecule has 1 aromatic rings. The van der Waals surface area contributed by atoms with Crippen molar-refractivity contribution in [1.29, 1.82) is 0 Å². The number of hydrogen-bond donors (Lipinski definition) is 1. The maximum Gasteiger partial charge on any atom is 0.220 e. The predicted octanol–water partition coefficient (Wildman–Crippen LogP) is 2.21. The number of halogens is 2. The Kier molecular flexibility index (Phi) is 3.89. The van der Waals surface area contributed by atoms with Crippen LogP contribution in [0.15, 0.2) is 16.7 Å². The monoisotopic (exact) mass is 317 g/mol. The van der Waals surface area contributed by atoms with Crippen molar-refractivity contribution in [1.82, 2.24) is 10.3 Å². The first-order chi connectivity index (χ1) is 8.06. The molecule has 1 aliphatic rings. The molecule has 1 atom stereocenters. The van der Waals surface area contributed by atoms with Gasteiger partial charge in [0.2, 0.25) is 5.91 Å². The van der Waals surface area contributed by atoms with Gasteiger partial charge in [0, 0.05) is 26.1 Å². The average Bonchev–Trinajstić information content (AvgIpc) is 2.63. The third kappa shape index (κ3) is 3.10. The largest absolute Gasteiger partial charge is 0.370 e. The van der Waals surface area contributed by atoms with Crippen molar-refractivity contribution in [2.75, 3.05) is 18.5 Å². The van der Waals surface area contributed by atoms with Crippen LogP contribution in [0.25, 0.3) is 0 Å². The van der Waals surface area contributed by atoms with E-state index in [0.717, 1.165) is 18.7 Å². The van der Waals surface area contributed by atoms with Crippen LogP contribution in [-0.4, -0.2) is 30.5 Å². The van der Waals surface area contributed by atoms with Gasteiger partial charge in [-0.05, 0) is 34.5 Å². The van der Waals surface area contributed by atoms with E-state index in [-0.39, 0.29) is 11.9 Å². The fourth-order valence-corrected chi connectivity index (χ4v) is 2.64. The second kappa shape index (κ2) is 5.23. The van der Waals surface area contributed by atoms with Crippen molar-refractivity contribution in [2.24, 2.45) is 0 Å². The standard InChI is InChI=1S/C11H13BrClN3O/c1-16(6-7-2-5-10(17)14-7)8-3-4-9(12)15-11(8)13/h3-4,7H,2,5-6H2,1H3,(H,14,17)/t7-/m0/s1. The first kappa shape index (κ1) is 12.6. The van der Waals surface area contributed by atoms with Crippen molar-refractivity contribution in [3.63, 3.8) is 0 Å². The highest BCUT2D eigenvalue weighted by atomic mass is 79.9. The van der Waals surface area contributed by atoms with Crippen molar-refractivity contribution >= 4 is 39.1 Å². The number of aromatic nitrogens is 1. The van der Waals surface area contributed by atoms with Crippen LogP contribution in [0.5, 0.6) is 0 Å². The lowest BCUT2D eigenvalue weighted by Crippen LogP contribution is -2.36. The van der Waals surface area contributed by atoms with Crippen LogP contribution in [0.3, 0.4) is 0 Å². The number of likely N-dealkylation sites (N-methyl/N-ethyl adjacent to an activating group) is 1. The highest BCUT2D eigenvalue weighted by Crippen LogP contribution is 2.25. The number of anilines is 1. The first-order valence-electron chi connectivity index (χ1n) is 5.39. The zero-order chi connectivity index (χ0) is 12.4. The molecule has 0 aromatic carbocycles. The summed E-state index contributed by atoms with van der Waals surface area (Å²) in [6.07, 6.45) is 1.50. The third-order valence-electron chi connectivity index (χ3n) is 2.79. The van der Waals surface area contributed by atoms with Gasteiger partial charge in [-0.25, -0.2) is 4.98 Å². The molecule has 1 saturated heterocycles. The topological polar surface area (TPSA) is 45.2 Å². The number of amides is 1. The summed E-state index contributed by atoms with van der Waals surface area (Å²) in [5.74, 6) is 0.128. The molecule has 4 nitrogen and oxygen atoms in total. The van der Waals surface area contributed by atoms with E-state index < -0.39 is 0 Å². The van der Waals surface area contributed by atoms with Gasteiger partial charge in [-0.1, -0.05) is 11.6 Å². The van der Waals surface area contributed by atoms with Gasteiger partial charge in [0.1, 0.15) is 4.60 Å². The Morgan fingerprint density at radius 3 is 3.00 bits per heavy atom. The molecule has 0 unspecified atom stereocenters. The first-order valence-corrected chi connectivity index (χ1v) is 6.56. The summed E-state index contributed by atoms with van der Waals surface area (Å²) in [5.41, 5.74) is 0.871. The minimum atomic E-state index is 0.128. The maximum atomic E-state index is 11.1. The van der Waals surface area contributed by atoms with E-state index in [2.05, 4.69) is 26.2 Å². The summed E-state index contributed by atoms with van der Waals surface area (Å²) in [7, 11) is 1.95. The van der Waals surface area contributed by atoms with E-state index in [0.29, 0.717) is 16.2 Å². The van der Waals surface area contributed by atoms with Crippen LogP contribution in [0.4, 0.5) is 5.69 Å². The summed E-state index contributed by atoms with van der Waals surface area (Å²) in [6.45, 7) is 0.745. The number of pyridine rings is 1. The lowest BCUT2D eigenvalue weighted by molar-refractivity contribution is -0.119. The molecule has 0 bridgehead atoms. The molecule has 1 amide bonds. The molecule has 6 heteroatoms. The number of carbonyl (C=O) groups excluding carboxylic acids is 1. The fourth-order valence-electron chi connectivity index (χ4n) is 1.93. The van der Waals surface area contributed by atoms with Crippen LogP contribution in [-0.2, 0) is 4.79 Å². The Bertz CT molecular complexity index is 441. The van der Waals surface area contributed by atoms with E-state index in [1.165, 1.54) is 0 Å². The molecule has 0 spiro atoms. The summed E-state index contributed by atoms with van der Waals surface area (Å²) < 4.78 is 0.716. The predicted molar refractivity (Wildman–Crippen MR) is 71.4 cm³/mol. The van der Waals surface area contributed by atoms with Crippen molar-refractivity contribution < 1.29 is 4.79 Å². The van der Waals surface area contributed by atoms with Gasteiger partial charge in [-0.15, -0.1) is 0 Å². The molecular weight excluding hydrogens is 305 g/mol.